The second-order valence-electron chi connectivity index (χ2n) is 3.64. The third-order valence-corrected chi connectivity index (χ3v) is 2.43. The Labute approximate surface area is 129 Å². The van der Waals surface area contributed by atoms with Crippen molar-refractivity contribution in [3.8, 4) is 0 Å². The van der Waals surface area contributed by atoms with E-state index in [1.54, 1.807) is 31.2 Å². The fraction of sp³-hybridized carbons (Fsp3) is 0.273. The van der Waals surface area contributed by atoms with Gasteiger partial charge < -0.3 is 9.11 Å². The quantitative estimate of drug-likeness (QED) is 0.407. The zero-order valence-corrected chi connectivity index (χ0v) is 12.9. The molecule has 0 saturated heterocycles. The van der Waals surface area contributed by atoms with Gasteiger partial charge in [0.1, 0.15) is 0 Å². The molecule has 0 fully saturated rings. The summed E-state index contributed by atoms with van der Waals surface area (Å²) in [5.74, 6) is 0.0281. The first-order valence-corrected chi connectivity index (χ1v) is 5.86. The van der Waals surface area contributed by atoms with E-state index in [1.165, 1.54) is 0 Å². The summed E-state index contributed by atoms with van der Waals surface area (Å²) < 4.78 is 25.3. The number of rotatable bonds is 0. The van der Waals surface area contributed by atoms with Crippen LogP contribution in [-0.2, 0) is 11.4 Å². The summed E-state index contributed by atoms with van der Waals surface area (Å²) in [4.78, 5) is 23.1. The van der Waals surface area contributed by atoms with Gasteiger partial charge in [-0.05, 0) is 0 Å². The van der Waals surface area contributed by atoms with E-state index in [0.29, 0.717) is 17.5 Å². The predicted molar refractivity (Wildman–Crippen MR) is 58.6 cm³/mol. The fourth-order valence-corrected chi connectivity index (χ4v) is 1.69. The van der Waals surface area contributed by atoms with Gasteiger partial charge in [0.2, 0.25) is 0 Å². The van der Waals surface area contributed by atoms with Gasteiger partial charge in [-0.15, -0.1) is 11.4 Å². The maximum Gasteiger partial charge on any atom is 1.00 e. The smallest absolute Gasteiger partial charge is 0.784 e. The molecule has 0 aromatic heterocycles. The number of fused-ring (bicyclic) bond motifs is 1. The molecule has 1 aliphatic rings. The summed E-state index contributed by atoms with van der Waals surface area (Å²) in [7, 11) is 0. The molecule has 0 heterocycles. The van der Waals surface area contributed by atoms with Crippen molar-refractivity contribution in [2.75, 3.05) is 0 Å². The van der Waals surface area contributed by atoms with Gasteiger partial charge in [0.05, 0.1) is 0 Å². The molecule has 0 saturated carbocycles. The molecule has 0 bridgehead atoms. The summed E-state index contributed by atoms with van der Waals surface area (Å²) in [5.41, 5.74) is 1.18. The van der Waals surface area contributed by atoms with Crippen LogP contribution in [0.4, 0.5) is 0 Å². The van der Waals surface area contributed by atoms with E-state index in [1.807, 2.05) is 0 Å². The number of carbonyl (C=O) groups is 2. The summed E-state index contributed by atoms with van der Waals surface area (Å²) in [5, 5.41) is 0. The summed E-state index contributed by atoms with van der Waals surface area (Å²) >= 11 is -3.11. The van der Waals surface area contributed by atoms with Crippen molar-refractivity contribution in [3.05, 3.63) is 35.4 Å². The van der Waals surface area contributed by atoms with Gasteiger partial charge in [-0.3, -0.25) is 13.8 Å². The minimum absolute atomic E-state index is 0. The maximum absolute atomic E-state index is 11.6. The molecule has 0 amide bonds. The van der Waals surface area contributed by atoms with Crippen LogP contribution in [0.5, 0.6) is 0 Å². The average molecular weight is 277 g/mol. The van der Waals surface area contributed by atoms with Crippen molar-refractivity contribution in [1.29, 1.82) is 0 Å². The molecular formula is C11H10NaO5S-. The number of Topliss-reactive ketones (excluding diaryl/α,β-unsaturated/α-hetero) is 2. The number of hydrogen-bond acceptors (Lipinski definition) is 5. The van der Waals surface area contributed by atoms with Crippen molar-refractivity contribution in [2.45, 2.75) is 13.3 Å². The van der Waals surface area contributed by atoms with Gasteiger partial charge in [0.25, 0.3) is 0 Å². The van der Waals surface area contributed by atoms with Crippen molar-refractivity contribution >= 4 is 22.9 Å². The number of hydrogen-bond donors (Lipinski definition) is 0. The fourth-order valence-electron chi connectivity index (χ4n) is 1.69. The summed E-state index contributed by atoms with van der Waals surface area (Å²) in [6.07, 6.45) is 0.357. The SMILES string of the molecule is CC1CC(=O)c2ccccc2C1=O.O=S([O-])[O-].[Na+]. The number of ketones is 2. The Kier molecular flexibility index (Phi) is 7.77. The molecule has 5 nitrogen and oxygen atoms in total. The molecular weight excluding hydrogens is 267 g/mol. The molecule has 18 heavy (non-hydrogen) atoms. The van der Waals surface area contributed by atoms with Crippen LogP contribution < -0.4 is 29.6 Å². The monoisotopic (exact) mass is 277 g/mol. The Morgan fingerprint density at radius 2 is 1.61 bits per heavy atom. The van der Waals surface area contributed by atoms with E-state index in [0.717, 1.165) is 0 Å². The molecule has 0 radical (unpaired) electrons. The molecule has 1 atom stereocenters. The van der Waals surface area contributed by atoms with Gasteiger partial charge in [-0.1, -0.05) is 31.2 Å². The van der Waals surface area contributed by atoms with Gasteiger partial charge >= 0.3 is 29.6 Å². The van der Waals surface area contributed by atoms with E-state index in [9.17, 15) is 9.59 Å². The molecule has 2 rings (SSSR count). The van der Waals surface area contributed by atoms with E-state index in [2.05, 4.69) is 0 Å². The van der Waals surface area contributed by atoms with Crippen LogP contribution in [0.1, 0.15) is 34.1 Å². The first-order chi connectivity index (χ1) is 7.93. The number of benzene rings is 1. The Morgan fingerprint density at radius 3 is 2.11 bits per heavy atom. The van der Waals surface area contributed by atoms with Crippen LogP contribution in [0.25, 0.3) is 0 Å². The van der Waals surface area contributed by atoms with Crippen molar-refractivity contribution < 1.29 is 52.5 Å². The molecule has 1 unspecified atom stereocenters. The molecule has 1 aliphatic carbocycles. The normalized spacial score (nSPS) is 17.4. The van der Waals surface area contributed by atoms with Crippen LogP contribution in [0.15, 0.2) is 24.3 Å². The van der Waals surface area contributed by atoms with Gasteiger partial charge in [-0.25, -0.2) is 0 Å². The molecule has 0 aliphatic heterocycles. The van der Waals surface area contributed by atoms with Crippen molar-refractivity contribution in [3.63, 3.8) is 0 Å². The maximum atomic E-state index is 11.6. The minimum Gasteiger partial charge on any atom is -0.784 e. The van der Waals surface area contributed by atoms with E-state index < -0.39 is 11.4 Å². The summed E-state index contributed by atoms with van der Waals surface area (Å²) in [6.45, 7) is 1.80. The van der Waals surface area contributed by atoms with E-state index in [4.69, 9.17) is 13.3 Å². The Hall–Kier alpha value is -0.370. The van der Waals surface area contributed by atoms with Gasteiger partial charge in [0.15, 0.2) is 11.6 Å². The molecule has 0 N–H and O–H groups in total. The van der Waals surface area contributed by atoms with Crippen LogP contribution in [0, 0.1) is 5.92 Å². The van der Waals surface area contributed by atoms with Crippen LogP contribution in [-0.4, -0.2) is 24.9 Å². The largest absolute Gasteiger partial charge is 1.00 e. The molecule has 0 spiro atoms. The second kappa shape index (κ2) is 7.93. The predicted octanol–water partition coefficient (Wildman–Crippen LogP) is -1.91. The third kappa shape index (κ3) is 4.72. The Balaban J connectivity index is 0.000000512. The second-order valence-corrected chi connectivity index (χ2v) is 4.05. The van der Waals surface area contributed by atoms with Crippen LogP contribution >= 0.6 is 0 Å². The zero-order chi connectivity index (χ0) is 13.0. The van der Waals surface area contributed by atoms with Crippen LogP contribution in [0.3, 0.4) is 0 Å². The Morgan fingerprint density at radius 1 is 1.17 bits per heavy atom. The van der Waals surface area contributed by atoms with Crippen molar-refractivity contribution in [1.82, 2.24) is 0 Å². The van der Waals surface area contributed by atoms with E-state index >= 15 is 0 Å². The average Bonchev–Trinajstić information content (AvgIpc) is 2.25. The standard InChI is InChI=1S/C11H10O2.Na.H2O3S/c1-7-6-10(12)8-4-2-3-5-9(8)11(7)13;;1-4(2)3/h2-5,7H,6H2,1H3;;(H2,1,2,3)/q;+1;/p-2. The zero-order valence-electron chi connectivity index (χ0n) is 10.0. The minimum atomic E-state index is -3.11. The van der Waals surface area contributed by atoms with Crippen molar-refractivity contribution in [2.24, 2.45) is 5.92 Å². The molecule has 1 aromatic carbocycles. The number of carbonyl (C=O) groups excluding carboxylic acids is 2. The Bertz CT molecular complexity index is 470. The first kappa shape index (κ1) is 17.6. The third-order valence-electron chi connectivity index (χ3n) is 2.43. The molecule has 92 valence electrons. The van der Waals surface area contributed by atoms with Gasteiger partial charge in [-0.2, -0.15) is 0 Å². The molecule has 1 aromatic rings. The van der Waals surface area contributed by atoms with Gasteiger partial charge in [0, 0.05) is 23.5 Å². The molecule has 7 heteroatoms. The first-order valence-electron chi connectivity index (χ1n) is 4.86. The van der Waals surface area contributed by atoms with E-state index in [-0.39, 0.29) is 47.0 Å². The van der Waals surface area contributed by atoms with Crippen LogP contribution in [0.2, 0.25) is 0 Å². The summed E-state index contributed by atoms with van der Waals surface area (Å²) in [6, 6.07) is 7.04. The topological polar surface area (TPSA) is 97.3 Å².